The molecule has 0 aliphatic carbocycles. The highest BCUT2D eigenvalue weighted by molar-refractivity contribution is 6.36. The van der Waals surface area contributed by atoms with Gasteiger partial charge in [-0.15, -0.1) is 10.2 Å². The van der Waals surface area contributed by atoms with Crippen LogP contribution in [0.15, 0.2) is 42.5 Å². The van der Waals surface area contributed by atoms with Gasteiger partial charge in [0.2, 0.25) is 0 Å². The largest absolute Gasteiger partial charge is 0.416 e. The van der Waals surface area contributed by atoms with Crippen molar-refractivity contribution in [2.75, 3.05) is 0 Å². The van der Waals surface area contributed by atoms with Gasteiger partial charge in [0.25, 0.3) is 0 Å². The molecule has 9 heteroatoms. The number of rotatable bonds is 2. The summed E-state index contributed by atoms with van der Waals surface area (Å²) in [7, 11) is 0. The first-order chi connectivity index (χ1) is 12.2. The van der Waals surface area contributed by atoms with E-state index < -0.39 is 23.4 Å². The number of aromatic nitrogens is 2. The van der Waals surface area contributed by atoms with Gasteiger partial charge < -0.3 is 0 Å². The predicted octanol–water partition coefficient (Wildman–Crippen LogP) is 6.41. The van der Waals surface area contributed by atoms with Gasteiger partial charge in [-0.05, 0) is 29.8 Å². The van der Waals surface area contributed by atoms with Crippen LogP contribution in [0, 0.1) is 11.6 Å². The lowest BCUT2D eigenvalue weighted by molar-refractivity contribution is -0.137. The highest BCUT2D eigenvalue weighted by Gasteiger charge is 2.30. The molecule has 1 heterocycles. The Morgan fingerprint density at radius 3 is 1.88 bits per heavy atom. The summed E-state index contributed by atoms with van der Waals surface area (Å²) < 4.78 is 65.7. The minimum absolute atomic E-state index is 0.00363. The second kappa shape index (κ2) is 6.81. The summed E-state index contributed by atoms with van der Waals surface area (Å²) in [6, 6.07) is 6.82. The monoisotopic (exact) mass is 404 g/mol. The van der Waals surface area contributed by atoms with E-state index in [4.69, 9.17) is 23.2 Å². The molecule has 0 radical (unpaired) electrons. The van der Waals surface area contributed by atoms with Crippen molar-refractivity contribution in [1.29, 1.82) is 0 Å². The summed E-state index contributed by atoms with van der Waals surface area (Å²) in [5, 5.41) is 6.81. The Labute approximate surface area is 154 Å². The van der Waals surface area contributed by atoms with Crippen LogP contribution in [0.4, 0.5) is 22.0 Å². The van der Waals surface area contributed by atoms with Crippen LogP contribution < -0.4 is 0 Å². The average Bonchev–Trinajstić information content (AvgIpc) is 2.57. The summed E-state index contributed by atoms with van der Waals surface area (Å²) >= 11 is 12.1. The topological polar surface area (TPSA) is 25.8 Å². The molecule has 0 fully saturated rings. The molecule has 0 spiro atoms. The molecule has 0 aliphatic rings. The highest BCUT2D eigenvalue weighted by atomic mass is 35.5. The molecule has 0 saturated carbocycles. The van der Waals surface area contributed by atoms with Crippen molar-refractivity contribution < 1.29 is 22.0 Å². The number of hydrogen-bond donors (Lipinski definition) is 0. The Balaban J connectivity index is 2.24. The van der Waals surface area contributed by atoms with Gasteiger partial charge >= 0.3 is 6.18 Å². The molecule has 0 saturated heterocycles. The van der Waals surface area contributed by atoms with E-state index in [-0.39, 0.29) is 32.6 Å². The van der Waals surface area contributed by atoms with Crippen molar-refractivity contribution in [2.45, 2.75) is 6.18 Å². The van der Waals surface area contributed by atoms with Gasteiger partial charge in [-0.1, -0.05) is 35.3 Å². The standard InChI is InChI=1S/C17H7Cl2F5N2/c18-15-13(8-1-3-9(4-2-8)17(22,23)24)14(16(19)26-25-15)11-6-5-10(20)7-12(11)21/h1-7H. The van der Waals surface area contributed by atoms with Gasteiger partial charge in [0.05, 0.1) is 5.56 Å². The second-order valence-corrected chi connectivity index (χ2v) is 5.95. The van der Waals surface area contributed by atoms with Gasteiger partial charge in [0, 0.05) is 22.8 Å². The molecule has 0 bridgehead atoms. The summed E-state index contributed by atoms with van der Waals surface area (Å²) in [4.78, 5) is 0. The average molecular weight is 405 g/mol. The number of benzene rings is 2. The first-order valence-electron chi connectivity index (χ1n) is 7.03. The van der Waals surface area contributed by atoms with Crippen molar-refractivity contribution in [2.24, 2.45) is 0 Å². The van der Waals surface area contributed by atoms with Crippen LogP contribution in [0.2, 0.25) is 10.3 Å². The molecule has 0 unspecified atom stereocenters. The molecular weight excluding hydrogens is 398 g/mol. The SMILES string of the molecule is Fc1ccc(-c2c(Cl)nnc(Cl)c2-c2ccc(C(F)(F)F)cc2)c(F)c1. The Kier molecular flexibility index (Phi) is 4.86. The first-order valence-corrected chi connectivity index (χ1v) is 7.79. The molecule has 26 heavy (non-hydrogen) atoms. The molecule has 134 valence electrons. The normalized spacial score (nSPS) is 11.7. The second-order valence-electron chi connectivity index (χ2n) is 5.23. The minimum atomic E-state index is -4.51. The predicted molar refractivity (Wildman–Crippen MR) is 87.8 cm³/mol. The molecule has 0 atom stereocenters. The van der Waals surface area contributed by atoms with Gasteiger partial charge in [-0.2, -0.15) is 13.2 Å². The van der Waals surface area contributed by atoms with Gasteiger partial charge in [0.15, 0.2) is 10.3 Å². The number of halogens is 7. The third kappa shape index (κ3) is 3.50. The fraction of sp³-hybridized carbons (Fsp3) is 0.0588. The molecular formula is C17H7Cl2F5N2. The Bertz CT molecular complexity index is 972. The molecule has 0 N–H and O–H groups in total. The lowest BCUT2D eigenvalue weighted by atomic mass is 9.96. The highest BCUT2D eigenvalue weighted by Crippen LogP contribution is 2.41. The van der Waals surface area contributed by atoms with Gasteiger partial charge in [-0.3, -0.25) is 0 Å². The summed E-state index contributed by atoms with van der Waals surface area (Å²) in [5.74, 6) is -1.73. The third-order valence-electron chi connectivity index (χ3n) is 3.59. The maximum atomic E-state index is 14.2. The number of alkyl halides is 3. The van der Waals surface area contributed by atoms with Gasteiger partial charge in [-0.25, -0.2) is 8.78 Å². The Hall–Kier alpha value is -2.25. The Morgan fingerprint density at radius 2 is 1.35 bits per heavy atom. The molecule has 3 rings (SSSR count). The third-order valence-corrected chi connectivity index (χ3v) is 4.12. The maximum Gasteiger partial charge on any atom is 0.416 e. The van der Waals surface area contributed by atoms with Crippen molar-refractivity contribution >= 4 is 23.2 Å². The lowest BCUT2D eigenvalue weighted by Gasteiger charge is -2.14. The number of nitrogens with zero attached hydrogens (tertiary/aromatic N) is 2. The minimum Gasteiger partial charge on any atom is -0.207 e. The first kappa shape index (κ1) is 18.5. The quantitative estimate of drug-likeness (QED) is 0.460. The zero-order valence-electron chi connectivity index (χ0n) is 12.6. The van der Waals surface area contributed by atoms with Crippen LogP contribution in [0.25, 0.3) is 22.3 Å². The van der Waals surface area contributed by atoms with Crippen LogP contribution in [-0.2, 0) is 6.18 Å². The van der Waals surface area contributed by atoms with E-state index in [2.05, 4.69) is 10.2 Å². The van der Waals surface area contributed by atoms with E-state index in [1.165, 1.54) is 0 Å². The van der Waals surface area contributed by atoms with Crippen molar-refractivity contribution in [3.63, 3.8) is 0 Å². The van der Waals surface area contributed by atoms with Crippen molar-refractivity contribution in [3.05, 3.63) is 70.0 Å². The molecule has 0 aliphatic heterocycles. The van der Waals surface area contributed by atoms with E-state index >= 15 is 0 Å². The van der Waals surface area contributed by atoms with E-state index in [1.807, 2.05) is 0 Å². The smallest absolute Gasteiger partial charge is 0.207 e. The van der Waals surface area contributed by atoms with Crippen LogP contribution in [0.1, 0.15) is 5.56 Å². The fourth-order valence-corrected chi connectivity index (χ4v) is 2.90. The molecule has 3 aromatic rings. The van der Waals surface area contributed by atoms with E-state index in [9.17, 15) is 22.0 Å². The summed E-state index contributed by atoms with van der Waals surface area (Å²) in [6.45, 7) is 0. The zero-order valence-corrected chi connectivity index (χ0v) is 14.1. The molecule has 0 amide bonds. The Morgan fingerprint density at radius 1 is 0.769 bits per heavy atom. The van der Waals surface area contributed by atoms with Gasteiger partial charge in [0.1, 0.15) is 11.6 Å². The zero-order chi connectivity index (χ0) is 19.1. The lowest BCUT2D eigenvalue weighted by Crippen LogP contribution is -2.04. The molecule has 2 aromatic carbocycles. The van der Waals surface area contributed by atoms with E-state index in [1.54, 1.807) is 0 Å². The van der Waals surface area contributed by atoms with E-state index in [0.29, 0.717) is 6.07 Å². The van der Waals surface area contributed by atoms with Crippen LogP contribution in [0.3, 0.4) is 0 Å². The summed E-state index contributed by atoms with van der Waals surface area (Å²) in [6.07, 6.45) is -4.51. The summed E-state index contributed by atoms with van der Waals surface area (Å²) in [5.41, 5.74) is -0.656. The van der Waals surface area contributed by atoms with Crippen LogP contribution in [-0.4, -0.2) is 10.2 Å². The maximum absolute atomic E-state index is 14.2. The number of hydrogen-bond acceptors (Lipinski definition) is 2. The van der Waals surface area contributed by atoms with Crippen molar-refractivity contribution in [1.82, 2.24) is 10.2 Å². The molecule has 2 nitrogen and oxygen atoms in total. The van der Waals surface area contributed by atoms with Crippen molar-refractivity contribution in [3.8, 4) is 22.3 Å². The fourth-order valence-electron chi connectivity index (χ4n) is 2.42. The van der Waals surface area contributed by atoms with Crippen LogP contribution in [0.5, 0.6) is 0 Å². The van der Waals surface area contributed by atoms with E-state index in [0.717, 1.165) is 36.4 Å². The molecule has 1 aromatic heterocycles. The van der Waals surface area contributed by atoms with Crippen LogP contribution >= 0.6 is 23.2 Å².